The van der Waals surface area contributed by atoms with Crippen molar-refractivity contribution in [3.05, 3.63) is 46.3 Å². The molecule has 4 N–H and O–H groups in total. The molecule has 1 aliphatic heterocycles. The summed E-state index contributed by atoms with van der Waals surface area (Å²) < 4.78 is 5.51. The van der Waals surface area contributed by atoms with Crippen LogP contribution in [0, 0.1) is 19.8 Å². The van der Waals surface area contributed by atoms with E-state index in [2.05, 4.69) is 16.4 Å². The minimum absolute atomic E-state index is 0. The van der Waals surface area contributed by atoms with E-state index in [0.717, 1.165) is 53.9 Å². The fourth-order valence-electron chi connectivity index (χ4n) is 4.85. The number of fused-ring (bicyclic) bond motifs is 1. The molecule has 1 saturated carbocycles. The number of carbonyl (C=O) groups is 2. The Hall–Kier alpha value is -2.77. The summed E-state index contributed by atoms with van der Waals surface area (Å²) in [5.74, 6) is 0.559. The van der Waals surface area contributed by atoms with Crippen LogP contribution < -0.4 is 20.7 Å². The van der Waals surface area contributed by atoms with Crippen molar-refractivity contribution in [3.63, 3.8) is 0 Å². The van der Waals surface area contributed by atoms with Crippen molar-refractivity contribution >= 4 is 41.6 Å². The molecule has 0 radical (unpaired) electrons. The molecule has 2 heterocycles. The molecule has 0 spiro atoms. The van der Waals surface area contributed by atoms with E-state index in [9.17, 15) is 9.59 Å². The number of methoxy groups -OCH3 is 1. The van der Waals surface area contributed by atoms with Gasteiger partial charge in [0, 0.05) is 36.6 Å². The number of aryl methyl sites for hydroxylation is 2. The molecule has 2 aromatic rings. The van der Waals surface area contributed by atoms with E-state index >= 15 is 0 Å². The first kappa shape index (κ1) is 24.9. The lowest BCUT2D eigenvalue weighted by Crippen LogP contribution is -2.36. The normalized spacial score (nSPS) is 21.1. The number of nitrogens with zero attached hydrogens (tertiary/aromatic N) is 1. The Labute approximate surface area is 201 Å². The van der Waals surface area contributed by atoms with Gasteiger partial charge in [0.05, 0.1) is 23.9 Å². The minimum Gasteiger partial charge on any atom is -0.496 e. The van der Waals surface area contributed by atoms with E-state index in [1.54, 1.807) is 13.1 Å². The second-order valence-corrected chi connectivity index (χ2v) is 8.95. The molecule has 0 saturated heterocycles. The second kappa shape index (κ2) is 10.0. The molecule has 2 aliphatic rings. The van der Waals surface area contributed by atoms with E-state index in [4.69, 9.17) is 10.5 Å². The predicted octanol–water partition coefficient (Wildman–Crippen LogP) is 3.83. The van der Waals surface area contributed by atoms with Crippen LogP contribution in [0.25, 0.3) is 11.6 Å². The molecule has 33 heavy (non-hydrogen) atoms. The van der Waals surface area contributed by atoms with Gasteiger partial charge in [-0.15, -0.1) is 12.4 Å². The number of ether oxygens (including phenoxy) is 1. The maximum atomic E-state index is 13.7. The Balaban J connectivity index is 0.00000306. The van der Waals surface area contributed by atoms with Gasteiger partial charge in [-0.3, -0.25) is 9.59 Å². The number of aromatic amines is 1. The molecule has 1 aromatic heterocycles. The highest BCUT2D eigenvalue weighted by molar-refractivity contribution is 6.36. The third-order valence-electron chi connectivity index (χ3n) is 6.66. The molecular weight excluding hydrogens is 440 g/mol. The summed E-state index contributed by atoms with van der Waals surface area (Å²) in [5.41, 5.74) is 11.7. The van der Waals surface area contributed by atoms with Gasteiger partial charge in [-0.05, 0) is 75.3 Å². The molecule has 0 unspecified atom stereocenters. The van der Waals surface area contributed by atoms with E-state index in [1.807, 2.05) is 30.9 Å². The number of H-pyrrole nitrogens is 1. The van der Waals surface area contributed by atoms with E-state index in [0.29, 0.717) is 29.3 Å². The van der Waals surface area contributed by atoms with Gasteiger partial charge in [0.1, 0.15) is 5.75 Å². The Kier molecular flexibility index (Phi) is 7.55. The average molecular weight is 473 g/mol. The van der Waals surface area contributed by atoms with Crippen LogP contribution in [0.1, 0.15) is 58.6 Å². The first-order chi connectivity index (χ1) is 15.3. The number of benzene rings is 1. The zero-order chi connectivity index (χ0) is 23.0. The molecule has 1 aliphatic carbocycles. The highest BCUT2D eigenvalue weighted by Gasteiger charge is 2.36. The number of amides is 2. The summed E-state index contributed by atoms with van der Waals surface area (Å²) in [6.07, 6.45) is 5.89. The van der Waals surface area contributed by atoms with Gasteiger partial charge < -0.3 is 25.7 Å². The monoisotopic (exact) mass is 472 g/mol. The SMILES string of the molecule is CNC(=O)c1cc2c(cc1OC)/C(=C/c1[nH]c(C)cc1C)C(=O)N2CC1CCC(N)CC1.Cl. The molecule has 1 aromatic carbocycles. The van der Waals surface area contributed by atoms with Crippen molar-refractivity contribution in [1.82, 2.24) is 10.3 Å². The highest BCUT2D eigenvalue weighted by atomic mass is 35.5. The van der Waals surface area contributed by atoms with Gasteiger partial charge in [0.15, 0.2) is 0 Å². The lowest BCUT2D eigenvalue weighted by molar-refractivity contribution is -0.113. The smallest absolute Gasteiger partial charge is 0.259 e. The number of hydrogen-bond acceptors (Lipinski definition) is 4. The molecule has 0 bridgehead atoms. The molecule has 4 rings (SSSR count). The number of nitrogens with two attached hydrogens (primary N) is 1. The summed E-state index contributed by atoms with van der Waals surface area (Å²) in [6.45, 7) is 4.64. The molecule has 2 amide bonds. The number of nitrogens with one attached hydrogen (secondary N) is 2. The third kappa shape index (κ3) is 4.80. The lowest BCUT2D eigenvalue weighted by Gasteiger charge is -2.30. The molecule has 178 valence electrons. The zero-order valence-electron chi connectivity index (χ0n) is 19.7. The molecule has 1 fully saturated rings. The number of halogens is 1. The lowest BCUT2D eigenvalue weighted by atomic mass is 9.86. The molecule has 8 heteroatoms. The summed E-state index contributed by atoms with van der Waals surface area (Å²) in [7, 11) is 3.13. The number of aromatic nitrogens is 1. The highest BCUT2D eigenvalue weighted by Crippen LogP contribution is 2.43. The fraction of sp³-hybridized carbons (Fsp3) is 0.440. The van der Waals surface area contributed by atoms with Crippen molar-refractivity contribution in [3.8, 4) is 5.75 Å². The zero-order valence-corrected chi connectivity index (χ0v) is 20.5. The third-order valence-corrected chi connectivity index (χ3v) is 6.66. The number of rotatable bonds is 5. The first-order valence-electron chi connectivity index (χ1n) is 11.2. The van der Waals surface area contributed by atoms with Crippen molar-refractivity contribution < 1.29 is 14.3 Å². The standard InChI is InChI=1S/C25H32N4O3.ClH/c1-14-9-15(2)28-21(14)10-19-18-12-23(32-4)20(24(30)27-3)11-22(18)29(25(19)31)13-16-5-7-17(26)8-6-16;/h9-12,16-17,28H,5-8,13,26H2,1-4H3,(H,27,30);1H/b19-10-;. The summed E-state index contributed by atoms with van der Waals surface area (Å²) in [5, 5.41) is 2.66. The minimum atomic E-state index is -0.242. The van der Waals surface area contributed by atoms with Crippen LogP contribution in [0.3, 0.4) is 0 Å². The summed E-state index contributed by atoms with van der Waals surface area (Å²) >= 11 is 0. The summed E-state index contributed by atoms with van der Waals surface area (Å²) in [4.78, 5) is 31.3. The second-order valence-electron chi connectivity index (χ2n) is 8.95. The molecule has 0 atom stereocenters. The van der Waals surface area contributed by atoms with Crippen LogP contribution in [-0.2, 0) is 4.79 Å². The Bertz CT molecular complexity index is 1080. The quantitative estimate of drug-likeness (QED) is 0.576. The van der Waals surface area contributed by atoms with Crippen molar-refractivity contribution in [2.45, 2.75) is 45.6 Å². The van der Waals surface area contributed by atoms with Crippen LogP contribution in [0.15, 0.2) is 18.2 Å². The van der Waals surface area contributed by atoms with Crippen LogP contribution in [-0.4, -0.2) is 43.5 Å². The Morgan fingerprint density at radius 3 is 2.52 bits per heavy atom. The Morgan fingerprint density at radius 2 is 1.94 bits per heavy atom. The number of anilines is 1. The van der Waals surface area contributed by atoms with Gasteiger partial charge in [0.25, 0.3) is 11.8 Å². The number of hydrogen-bond donors (Lipinski definition) is 3. The number of carbonyl (C=O) groups excluding carboxylic acids is 2. The van der Waals surface area contributed by atoms with Crippen molar-refractivity contribution in [2.75, 3.05) is 25.6 Å². The van der Waals surface area contributed by atoms with Gasteiger partial charge >= 0.3 is 0 Å². The summed E-state index contributed by atoms with van der Waals surface area (Å²) in [6, 6.07) is 5.91. The first-order valence-corrected chi connectivity index (χ1v) is 11.2. The average Bonchev–Trinajstić information content (AvgIpc) is 3.23. The largest absolute Gasteiger partial charge is 0.496 e. The van der Waals surface area contributed by atoms with E-state index in [1.165, 1.54) is 7.11 Å². The van der Waals surface area contributed by atoms with Crippen LogP contribution in [0.4, 0.5) is 5.69 Å². The van der Waals surface area contributed by atoms with Crippen molar-refractivity contribution in [2.24, 2.45) is 11.7 Å². The topological polar surface area (TPSA) is 100 Å². The fourth-order valence-corrected chi connectivity index (χ4v) is 4.85. The van der Waals surface area contributed by atoms with Gasteiger partial charge in [-0.2, -0.15) is 0 Å². The van der Waals surface area contributed by atoms with Crippen LogP contribution in [0.5, 0.6) is 5.75 Å². The van der Waals surface area contributed by atoms with Gasteiger partial charge in [0.2, 0.25) is 0 Å². The Morgan fingerprint density at radius 1 is 1.24 bits per heavy atom. The van der Waals surface area contributed by atoms with Gasteiger partial charge in [-0.25, -0.2) is 0 Å². The predicted molar refractivity (Wildman–Crippen MR) is 134 cm³/mol. The molecule has 7 nitrogen and oxygen atoms in total. The maximum Gasteiger partial charge on any atom is 0.259 e. The van der Waals surface area contributed by atoms with Crippen molar-refractivity contribution in [1.29, 1.82) is 0 Å². The molecular formula is C25H33ClN4O3. The van der Waals surface area contributed by atoms with E-state index in [-0.39, 0.29) is 30.3 Å². The van der Waals surface area contributed by atoms with Crippen LogP contribution >= 0.6 is 12.4 Å². The van der Waals surface area contributed by atoms with Crippen LogP contribution in [0.2, 0.25) is 0 Å². The van der Waals surface area contributed by atoms with Gasteiger partial charge in [-0.1, -0.05) is 0 Å². The maximum absolute atomic E-state index is 13.7. The van der Waals surface area contributed by atoms with E-state index < -0.39 is 0 Å².